The van der Waals surface area contributed by atoms with Crippen LogP contribution in [-0.4, -0.2) is 24.3 Å². The van der Waals surface area contributed by atoms with Crippen LogP contribution >= 0.6 is 0 Å². The molecule has 0 spiro atoms. The molecule has 10 aromatic rings. The van der Waals surface area contributed by atoms with Crippen molar-refractivity contribution in [3.63, 3.8) is 0 Å². The molecule has 0 N–H and O–H groups in total. The Labute approximate surface area is 294 Å². The molecule has 0 saturated heterocycles. The van der Waals surface area contributed by atoms with Crippen LogP contribution in [0.2, 0.25) is 0 Å². The average Bonchev–Trinajstić information content (AvgIpc) is 3.59. The lowest BCUT2D eigenvalue weighted by atomic mass is 9.96. The monoisotopic (exact) mass is 651 g/mol. The van der Waals surface area contributed by atoms with Crippen LogP contribution in [0.4, 0.5) is 0 Å². The molecule has 5 nitrogen and oxygen atoms in total. The number of fused-ring (bicyclic) bond motifs is 6. The van der Waals surface area contributed by atoms with Gasteiger partial charge in [0.05, 0.1) is 16.9 Å². The molecule has 0 amide bonds. The van der Waals surface area contributed by atoms with Crippen molar-refractivity contribution in [3.05, 3.63) is 176 Å². The summed E-state index contributed by atoms with van der Waals surface area (Å²) >= 11 is 0. The second kappa shape index (κ2) is 11.9. The van der Waals surface area contributed by atoms with Gasteiger partial charge in [-0.1, -0.05) is 140 Å². The second-order valence-corrected chi connectivity index (χ2v) is 12.7. The number of aromatic nitrogens is 5. The maximum atomic E-state index is 5.24. The van der Waals surface area contributed by atoms with Crippen LogP contribution in [0.5, 0.6) is 0 Å². The molecule has 4 heterocycles. The number of benzene rings is 6. The molecule has 0 radical (unpaired) electrons. The summed E-state index contributed by atoms with van der Waals surface area (Å²) in [6.45, 7) is 0. The van der Waals surface area contributed by atoms with Gasteiger partial charge in [-0.2, -0.15) is 0 Å². The quantitative estimate of drug-likeness (QED) is 0.186. The summed E-state index contributed by atoms with van der Waals surface area (Å²) < 4.78 is 2.07. The Morgan fingerprint density at radius 2 is 0.922 bits per heavy atom. The minimum atomic E-state index is 0.705. The van der Waals surface area contributed by atoms with Gasteiger partial charge in [0.25, 0.3) is 0 Å². The molecule has 0 aliphatic heterocycles. The molecule has 0 bridgehead atoms. The van der Waals surface area contributed by atoms with Gasteiger partial charge in [-0.15, -0.1) is 0 Å². The topological polar surface area (TPSA) is 56.0 Å². The van der Waals surface area contributed by atoms with Crippen LogP contribution in [0.3, 0.4) is 0 Å². The predicted molar refractivity (Wildman–Crippen MR) is 208 cm³/mol. The highest BCUT2D eigenvalue weighted by atomic mass is 15.1. The third-order valence-electron chi connectivity index (χ3n) is 9.62. The standard InChI is InChI=1S/C46H29N5/c1-2-12-30(13-3-1)31-23-25-32(26-24-31)45-47-40-21-7-6-20-39(40)43(49-45)36-17-11-15-34(29-36)33-14-10-16-35(28-33)42-37-18-4-5-19-38(37)44-46(50-42)51-27-9-8-22-41(51)48-44/h1-29H. The van der Waals surface area contributed by atoms with Crippen molar-refractivity contribution in [2.75, 3.05) is 0 Å². The number of pyridine rings is 2. The molecule has 0 fully saturated rings. The molecule has 0 aliphatic carbocycles. The molecule has 51 heavy (non-hydrogen) atoms. The Bertz CT molecular complexity index is 2910. The summed E-state index contributed by atoms with van der Waals surface area (Å²) in [5, 5.41) is 3.19. The van der Waals surface area contributed by atoms with E-state index in [0.29, 0.717) is 5.82 Å². The van der Waals surface area contributed by atoms with Crippen LogP contribution in [0.25, 0.3) is 94.6 Å². The van der Waals surface area contributed by atoms with Gasteiger partial charge in [-0.25, -0.2) is 19.9 Å². The van der Waals surface area contributed by atoms with Crippen molar-refractivity contribution in [1.82, 2.24) is 24.3 Å². The minimum absolute atomic E-state index is 0.705. The fourth-order valence-corrected chi connectivity index (χ4v) is 7.11. The first-order valence-electron chi connectivity index (χ1n) is 17.1. The molecule has 0 unspecified atom stereocenters. The molecular weight excluding hydrogens is 623 g/mol. The lowest BCUT2D eigenvalue weighted by Gasteiger charge is -2.12. The molecule has 0 aliphatic rings. The average molecular weight is 652 g/mol. The number of nitrogens with zero attached hydrogens (tertiary/aromatic N) is 5. The molecule has 0 atom stereocenters. The van der Waals surface area contributed by atoms with E-state index in [0.717, 1.165) is 83.3 Å². The summed E-state index contributed by atoms with van der Waals surface area (Å²) in [5.74, 6) is 0.705. The number of hydrogen-bond acceptors (Lipinski definition) is 4. The fraction of sp³-hybridized carbons (Fsp3) is 0. The van der Waals surface area contributed by atoms with Crippen molar-refractivity contribution in [3.8, 4) is 56.2 Å². The van der Waals surface area contributed by atoms with E-state index < -0.39 is 0 Å². The zero-order valence-corrected chi connectivity index (χ0v) is 27.5. The summed E-state index contributed by atoms with van der Waals surface area (Å²) in [5.41, 5.74) is 13.0. The number of rotatable bonds is 5. The molecule has 238 valence electrons. The summed E-state index contributed by atoms with van der Waals surface area (Å²) in [4.78, 5) is 20.4. The van der Waals surface area contributed by atoms with E-state index in [1.54, 1.807) is 0 Å². The SMILES string of the molecule is c1ccc(-c2ccc(-c3nc(-c4cccc(-c5cccc(-c6nc7c(nc8ccccn87)c7ccccc67)c5)c4)c4ccccc4n3)cc2)cc1. The summed E-state index contributed by atoms with van der Waals surface area (Å²) in [6.07, 6.45) is 2.03. The van der Waals surface area contributed by atoms with Crippen molar-refractivity contribution in [2.45, 2.75) is 0 Å². The Morgan fingerprint density at radius 3 is 1.69 bits per heavy atom. The molecule has 0 saturated carbocycles. The smallest absolute Gasteiger partial charge is 0.165 e. The highest BCUT2D eigenvalue weighted by Crippen LogP contribution is 2.36. The van der Waals surface area contributed by atoms with Crippen molar-refractivity contribution in [1.29, 1.82) is 0 Å². The largest absolute Gasteiger partial charge is 0.284 e. The summed E-state index contributed by atoms with van der Waals surface area (Å²) in [7, 11) is 0. The third kappa shape index (κ3) is 5.03. The first-order chi connectivity index (χ1) is 25.3. The minimum Gasteiger partial charge on any atom is -0.284 e. The van der Waals surface area contributed by atoms with Gasteiger partial charge in [-0.05, 0) is 52.6 Å². The van der Waals surface area contributed by atoms with E-state index in [2.05, 4.69) is 144 Å². The van der Waals surface area contributed by atoms with Gasteiger partial charge in [-0.3, -0.25) is 4.40 Å². The van der Waals surface area contributed by atoms with Crippen LogP contribution < -0.4 is 0 Å². The van der Waals surface area contributed by atoms with Crippen LogP contribution in [0, 0.1) is 0 Å². The van der Waals surface area contributed by atoms with E-state index in [1.807, 2.05) is 36.5 Å². The second-order valence-electron chi connectivity index (χ2n) is 12.7. The Hall–Kier alpha value is -6.98. The van der Waals surface area contributed by atoms with Gasteiger partial charge < -0.3 is 0 Å². The first kappa shape index (κ1) is 29.0. The predicted octanol–water partition coefficient (Wildman–Crippen LogP) is 11.3. The van der Waals surface area contributed by atoms with Crippen molar-refractivity contribution < 1.29 is 0 Å². The Kier molecular flexibility index (Phi) is 6.74. The van der Waals surface area contributed by atoms with E-state index in [9.17, 15) is 0 Å². The molecule has 5 heteroatoms. The Morgan fingerprint density at radius 1 is 0.353 bits per heavy atom. The lowest BCUT2D eigenvalue weighted by molar-refractivity contribution is 1.19. The van der Waals surface area contributed by atoms with E-state index in [4.69, 9.17) is 19.9 Å². The van der Waals surface area contributed by atoms with Gasteiger partial charge >= 0.3 is 0 Å². The third-order valence-corrected chi connectivity index (χ3v) is 9.62. The lowest BCUT2D eigenvalue weighted by Crippen LogP contribution is -1.95. The maximum absolute atomic E-state index is 5.24. The normalized spacial score (nSPS) is 11.5. The molecule has 10 rings (SSSR count). The van der Waals surface area contributed by atoms with Crippen molar-refractivity contribution in [2.24, 2.45) is 0 Å². The van der Waals surface area contributed by atoms with Gasteiger partial charge in [0, 0.05) is 39.0 Å². The zero-order valence-electron chi connectivity index (χ0n) is 27.5. The first-order valence-corrected chi connectivity index (χ1v) is 17.1. The Balaban J connectivity index is 1.07. The number of hydrogen-bond donors (Lipinski definition) is 0. The fourth-order valence-electron chi connectivity index (χ4n) is 7.11. The highest BCUT2D eigenvalue weighted by Gasteiger charge is 2.16. The number of para-hydroxylation sites is 1. The zero-order chi connectivity index (χ0) is 33.7. The van der Waals surface area contributed by atoms with Crippen molar-refractivity contribution >= 4 is 38.5 Å². The van der Waals surface area contributed by atoms with E-state index in [-0.39, 0.29) is 0 Å². The van der Waals surface area contributed by atoms with Crippen LogP contribution in [-0.2, 0) is 0 Å². The van der Waals surface area contributed by atoms with Crippen LogP contribution in [0.1, 0.15) is 0 Å². The maximum Gasteiger partial charge on any atom is 0.165 e. The van der Waals surface area contributed by atoms with E-state index >= 15 is 0 Å². The number of imidazole rings is 1. The molecular formula is C46H29N5. The highest BCUT2D eigenvalue weighted by molar-refractivity contribution is 6.09. The van der Waals surface area contributed by atoms with Gasteiger partial charge in [0.1, 0.15) is 11.2 Å². The summed E-state index contributed by atoms with van der Waals surface area (Å²) in [6, 6.07) is 58.9. The molecule has 6 aromatic carbocycles. The van der Waals surface area contributed by atoms with Gasteiger partial charge in [0.15, 0.2) is 11.5 Å². The van der Waals surface area contributed by atoms with Gasteiger partial charge in [0.2, 0.25) is 0 Å². The molecule has 4 aromatic heterocycles. The van der Waals surface area contributed by atoms with Crippen LogP contribution in [0.15, 0.2) is 176 Å². The van der Waals surface area contributed by atoms with E-state index in [1.165, 1.54) is 5.56 Å².